The molecule has 2 aromatic heterocycles. The summed E-state index contributed by atoms with van der Waals surface area (Å²) >= 11 is 5.53. The van der Waals surface area contributed by atoms with E-state index < -0.39 is 34.4 Å². The second-order valence-electron chi connectivity index (χ2n) is 6.05. The van der Waals surface area contributed by atoms with Gasteiger partial charge in [0.1, 0.15) is 0 Å². The normalized spacial score (nSPS) is 12.6. The molecule has 1 aromatic carbocycles. The van der Waals surface area contributed by atoms with Gasteiger partial charge in [-0.05, 0) is 35.9 Å². The summed E-state index contributed by atoms with van der Waals surface area (Å²) in [5.74, 6) is -0.647. The van der Waals surface area contributed by atoms with E-state index in [0.717, 1.165) is 47.0 Å². The molecule has 0 unspecified atom stereocenters. The van der Waals surface area contributed by atoms with Gasteiger partial charge in [0.2, 0.25) is 5.91 Å². The lowest BCUT2D eigenvalue weighted by molar-refractivity contribution is -0.138. The number of hydrogen-bond donors (Lipinski definition) is 1. The second kappa shape index (κ2) is 7.98. The molecule has 3 rings (SSSR count). The Hall–Kier alpha value is -3.08. The summed E-state index contributed by atoms with van der Waals surface area (Å²) in [5.41, 5.74) is -1.71. The maximum Gasteiger partial charge on any atom is 0.417 e. The Balaban J connectivity index is 1.71. The highest BCUT2D eigenvalue weighted by atomic mass is 35.5. The zero-order valence-corrected chi connectivity index (χ0v) is 15.5. The van der Waals surface area contributed by atoms with E-state index >= 15 is 0 Å². The molecule has 1 N–H and O–H groups in total. The highest BCUT2D eigenvalue weighted by Crippen LogP contribution is 2.35. The highest BCUT2D eigenvalue weighted by Gasteiger charge is 2.33. The van der Waals surface area contributed by atoms with Crippen LogP contribution >= 0.6 is 11.6 Å². The summed E-state index contributed by atoms with van der Waals surface area (Å²) in [6, 6.07) is 5.14. The molecule has 0 spiro atoms. The fraction of sp³-hybridized carbons (Fsp3) is 0.167. The number of fused-ring (bicyclic) bond motifs is 1. The Kier molecular flexibility index (Phi) is 5.75. The first-order chi connectivity index (χ1) is 13.9. The standard InChI is InChI=1S/C18H11ClF6N4O/c19-13-4-1-10(7-12(13)18(23,24)25)2-6-16(30)26-8-15-28-27-14-5-3-11(9-29(14)15)17(20,21)22/h1-7,9H,8H2,(H,26,30)/b6-2+. The first-order valence-corrected chi connectivity index (χ1v) is 8.56. The molecule has 0 saturated heterocycles. The minimum atomic E-state index is -4.65. The van der Waals surface area contributed by atoms with Gasteiger partial charge in [0, 0.05) is 12.3 Å². The molecule has 5 nitrogen and oxygen atoms in total. The number of hydrogen-bond acceptors (Lipinski definition) is 3. The first kappa shape index (κ1) is 21.6. The van der Waals surface area contributed by atoms with Crippen molar-refractivity contribution in [1.82, 2.24) is 19.9 Å². The van der Waals surface area contributed by atoms with Crippen LogP contribution in [0.25, 0.3) is 11.7 Å². The minimum absolute atomic E-state index is 0.0451. The predicted octanol–water partition coefficient (Wildman–Crippen LogP) is 4.75. The Morgan fingerprint density at radius 2 is 1.80 bits per heavy atom. The van der Waals surface area contributed by atoms with Gasteiger partial charge >= 0.3 is 12.4 Å². The molecule has 12 heteroatoms. The minimum Gasteiger partial charge on any atom is -0.345 e. The molecule has 30 heavy (non-hydrogen) atoms. The van der Waals surface area contributed by atoms with Crippen molar-refractivity contribution in [3.05, 3.63) is 70.1 Å². The van der Waals surface area contributed by atoms with Gasteiger partial charge < -0.3 is 5.32 Å². The van der Waals surface area contributed by atoms with Crippen molar-refractivity contribution in [3.8, 4) is 0 Å². The fourth-order valence-electron chi connectivity index (χ4n) is 2.49. The molecule has 2 heterocycles. The van der Waals surface area contributed by atoms with Gasteiger partial charge in [-0.25, -0.2) is 0 Å². The maximum atomic E-state index is 12.9. The van der Waals surface area contributed by atoms with Crippen molar-refractivity contribution in [2.75, 3.05) is 0 Å². The quantitative estimate of drug-likeness (QED) is 0.463. The van der Waals surface area contributed by atoms with Gasteiger partial charge in [-0.15, -0.1) is 10.2 Å². The van der Waals surface area contributed by atoms with E-state index in [4.69, 9.17) is 11.6 Å². The summed E-state index contributed by atoms with van der Waals surface area (Å²) in [6.45, 7) is -0.250. The summed E-state index contributed by atoms with van der Waals surface area (Å²) in [4.78, 5) is 11.9. The number of carbonyl (C=O) groups excluding carboxylic acids is 1. The molecule has 158 valence electrons. The number of rotatable bonds is 4. The molecule has 0 fully saturated rings. The van der Waals surface area contributed by atoms with Crippen LogP contribution in [0.3, 0.4) is 0 Å². The van der Waals surface area contributed by atoms with Crippen molar-refractivity contribution in [2.24, 2.45) is 0 Å². The van der Waals surface area contributed by atoms with Crippen molar-refractivity contribution in [2.45, 2.75) is 18.9 Å². The van der Waals surface area contributed by atoms with Crippen molar-refractivity contribution >= 4 is 29.2 Å². The van der Waals surface area contributed by atoms with Crippen LogP contribution in [-0.2, 0) is 23.7 Å². The summed E-state index contributed by atoms with van der Waals surface area (Å²) < 4.78 is 78.2. The molecule has 0 aliphatic rings. The number of pyridine rings is 1. The molecule has 0 atom stereocenters. The smallest absolute Gasteiger partial charge is 0.345 e. The SMILES string of the molecule is O=C(/C=C/c1ccc(Cl)c(C(F)(F)F)c1)NCc1nnc2ccc(C(F)(F)F)cn12. The van der Waals surface area contributed by atoms with Crippen molar-refractivity contribution in [1.29, 1.82) is 0 Å². The van der Waals surface area contributed by atoms with Crippen molar-refractivity contribution in [3.63, 3.8) is 0 Å². The zero-order valence-electron chi connectivity index (χ0n) is 14.7. The van der Waals surface area contributed by atoms with E-state index in [1.54, 1.807) is 0 Å². The molecule has 3 aromatic rings. The fourth-order valence-corrected chi connectivity index (χ4v) is 2.71. The van der Waals surface area contributed by atoms with Crippen LogP contribution in [0.2, 0.25) is 5.02 Å². The van der Waals surface area contributed by atoms with Crippen LogP contribution < -0.4 is 5.32 Å². The average Bonchev–Trinajstić information content (AvgIpc) is 3.06. The maximum absolute atomic E-state index is 12.9. The lowest BCUT2D eigenvalue weighted by atomic mass is 10.1. The molecule has 0 bridgehead atoms. The van der Waals surface area contributed by atoms with Gasteiger partial charge in [-0.1, -0.05) is 17.7 Å². The van der Waals surface area contributed by atoms with E-state index in [0.29, 0.717) is 0 Å². The van der Waals surface area contributed by atoms with Gasteiger partial charge in [0.25, 0.3) is 0 Å². The lowest BCUT2D eigenvalue weighted by Gasteiger charge is -2.09. The summed E-state index contributed by atoms with van der Waals surface area (Å²) in [6.07, 6.45) is -6.28. The van der Waals surface area contributed by atoms with E-state index in [1.165, 1.54) is 6.07 Å². The second-order valence-corrected chi connectivity index (χ2v) is 6.46. The number of aromatic nitrogens is 3. The molecular formula is C18H11ClF6N4O. The Bertz CT molecular complexity index is 1120. The average molecular weight is 449 g/mol. The van der Waals surface area contributed by atoms with Gasteiger partial charge in [-0.2, -0.15) is 26.3 Å². The molecule has 0 aliphatic carbocycles. The molecule has 1 amide bonds. The Morgan fingerprint density at radius 1 is 1.07 bits per heavy atom. The Labute approximate surface area is 170 Å². The topological polar surface area (TPSA) is 59.3 Å². The zero-order chi connectivity index (χ0) is 22.1. The highest BCUT2D eigenvalue weighted by molar-refractivity contribution is 6.31. The lowest BCUT2D eigenvalue weighted by Crippen LogP contribution is -2.21. The van der Waals surface area contributed by atoms with Crippen LogP contribution in [0.5, 0.6) is 0 Å². The number of carbonyl (C=O) groups is 1. The summed E-state index contributed by atoms with van der Waals surface area (Å²) in [5, 5.41) is 9.35. The van der Waals surface area contributed by atoms with Crippen molar-refractivity contribution < 1.29 is 31.1 Å². The van der Waals surface area contributed by atoms with Gasteiger partial charge in [-0.3, -0.25) is 9.20 Å². The third-order valence-electron chi connectivity index (χ3n) is 3.94. The third kappa shape index (κ3) is 4.90. The number of nitrogens with one attached hydrogen (secondary N) is 1. The largest absolute Gasteiger partial charge is 0.417 e. The number of nitrogens with zero attached hydrogens (tertiary/aromatic N) is 3. The number of alkyl halides is 6. The van der Waals surface area contributed by atoms with Crippen LogP contribution in [0.15, 0.2) is 42.6 Å². The summed E-state index contributed by atoms with van der Waals surface area (Å²) in [7, 11) is 0. The van der Waals surface area contributed by atoms with Crippen LogP contribution in [0.4, 0.5) is 26.3 Å². The van der Waals surface area contributed by atoms with Gasteiger partial charge in [0.15, 0.2) is 11.5 Å². The van der Waals surface area contributed by atoms with E-state index in [1.807, 2.05) is 0 Å². The van der Waals surface area contributed by atoms with Crippen LogP contribution in [-0.4, -0.2) is 20.5 Å². The third-order valence-corrected chi connectivity index (χ3v) is 4.27. The number of benzene rings is 1. The number of amides is 1. The molecular weight excluding hydrogens is 438 g/mol. The van der Waals surface area contributed by atoms with Crippen LogP contribution in [0.1, 0.15) is 22.5 Å². The first-order valence-electron chi connectivity index (χ1n) is 8.18. The number of halogens is 7. The van der Waals surface area contributed by atoms with E-state index in [9.17, 15) is 31.1 Å². The van der Waals surface area contributed by atoms with Gasteiger partial charge in [0.05, 0.1) is 22.7 Å². The molecule has 0 saturated carbocycles. The van der Waals surface area contributed by atoms with E-state index in [2.05, 4.69) is 15.5 Å². The van der Waals surface area contributed by atoms with Crippen LogP contribution in [0, 0.1) is 0 Å². The molecule has 0 aliphatic heterocycles. The monoisotopic (exact) mass is 448 g/mol. The predicted molar refractivity (Wildman–Crippen MR) is 95.3 cm³/mol. The van der Waals surface area contributed by atoms with E-state index in [-0.39, 0.29) is 23.6 Å². The molecule has 0 radical (unpaired) electrons. The Morgan fingerprint density at radius 3 is 2.47 bits per heavy atom.